The van der Waals surface area contributed by atoms with E-state index in [-0.39, 0.29) is 0 Å². The van der Waals surface area contributed by atoms with Gasteiger partial charge >= 0.3 is 0 Å². The van der Waals surface area contributed by atoms with Crippen molar-refractivity contribution in [3.05, 3.63) is 22.6 Å². The summed E-state index contributed by atoms with van der Waals surface area (Å²) in [6.07, 6.45) is 6.72. The molecule has 16 heavy (non-hydrogen) atoms. The summed E-state index contributed by atoms with van der Waals surface area (Å²) >= 11 is 3.54. The smallest absolute Gasteiger partial charge is 0.135 e. The second kappa shape index (κ2) is 7.13. The zero-order valence-corrected chi connectivity index (χ0v) is 12.0. The third kappa shape index (κ3) is 3.36. The van der Waals surface area contributed by atoms with Gasteiger partial charge in [-0.25, -0.2) is 0 Å². The van der Waals surface area contributed by atoms with E-state index in [0.717, 1.165) is 10.2 Å². The molecule has 2 unspecified atom stereocenters. The predicted octanol–water partition coefficient (Wildman–Crippen LogP) is 4.52. The highest BCUT2D eigenvalue weighted by molar-refractivity contribution is 9.10. The van der Waals surface area contributed by atoms with Crippen LogP contribution in [0.15, 0.2) is 21.2 Å². The maximum atomic E-state index is 5.57. The average Bonchev–Trinajstić information content (AvgIpc) is 2.71. The van der Waals surface area contributed by atoms with E-state index in [9.17, 15) is 0 Å². The predicted molar refractivity (Wildman–Crippen MR) is 71.5 cm³/mol. The van der Waals surface area contributed by atoms with Crippen LogP contribution in [0.1, 0.15) is 51.3 Å². The average molecular weight is 288 g/mol. The van der Waals surface area contributed by atoms with Crippen LogP contribution in [0.2, 0.25) is 0 Å². The van der Waals surface area contributed by atoms with Crippen LogP contribution in [0.25, 0.3) is 0 Å². The fourth-order valence-corrected chi connectivity index (χ4v) is 2.63. The van der Waals surface area contributed by atoms with Crippen LogP contribution in [0.4, 0.5) is 0 Å². The molecule has 3 heteroatoms. The van der Waals surface area contributed by atoms with Gasteiger partial charge in [0.05, 0.1) is 16.8 Å². The van der Waals surface area contributed by atoms with Crippen molar-refractivity contribution in [2.75, 3.05) is 7.05 Å². The Hall–Kier alpha value is -0.280. The summed E-state index contributed by atoms with van der Waals surface area (Å²) < 4.78 is 6.64. The van der Waals surface area contributed by atoms with E-state index in [1.165, 1.54) is 25.7 Å². The molecule has 0 saturated heterocycles. The Labute approximate surface area is 107 Å². The number of unbranched alkanes of at least 4 members (excludes halogenated alkanes) is 1. The Bertz CT molecular complexity index is 298. The fourth-order valence-electron chi connectivity index (χ4n) is 2.18. The van der Waals surface area contributed by atoms with Gasteiger partial charge in [-0.05, 0) is 41.4 Å². The third-order valence-corrected chi connectivity index (χ3v) is 3.82. The SMILES string of the molecule is CCCCC(CC)C(NC)c1occc1Br. The molecule has 1 rings (SSSR count). The van der Waals surface area contributed by atoms with Crippen LogP contribution in [-0.4, -0.2) is 7.05 Å². The number of rotatable bonds is 7. The molecule has 92 valence electrons. The molecule has 0 aliphatic rings. The van der Waals surface area contributed by atoms with Crippen LogP contribution < -0.4 is 5.32 Å². The van der Waals surface area contributed by atoms with Gasteiger partial charge in [0.2, 0.25) is 0 Å². The van der Waals surface area contributed by atoms with Gasteiger partial charge in [0, 0.05) is 0 Å². The van der Waals surface area contributed by atoms with Gasteiger partial charge in [-0.15, -0.1) is 0 Å². The molecule has 2 nitrogen and oxygen atoms in total. The first-order valence-corrected chi connectivity index (χ1v) is 6.94. The zero-order valence-electron chi connectivity index (χ0n) is 10.4. The van der Waals surface area contributed by atoms with Gasteiger partial charge < -0.3 is 9.73 Å². The molecule has 2 atom stereocenters. The Morgan fingerprint density at radius 2 is 2.19 bits per heavy atom. The van der Waals surface area contributed by atoms with Crippen molar-refractivity contribution in [3.63, 3.8) is 0 Å². The quantitative estimate of drug-likeness (QED) is 0.798. The number of halogens is 1. The minimum Gasteiger partial charge on any atom is -0.466 e. The molecule has 0 amide bonds. The largest absolute Gasteiger partial charge is 0.466 e. The Kier molecular flexibility index (Phi) is 6.14. The lowest BCUT2D eigenvalue weighted by molar-refractivity contribution is 0.294. The van der Waals surface area contributed by atoms with Crippen molar-refractivity contribution in [1.29, 1.82) is 0 Å². The van der Waals surface area contributed by atoms with Gasteiger partial charge in [-0.3, -0.25) is 0 Å². The highest BCUT2D eigenvalue weighted by Gasteiger charge is 2.24. The standard InChI is InChI=1S/C13H22BrNO/c1-4-6-7-10(5-2)12(15-3)13-11(14)8-9-16-13/h8-10,12,15H,4-7H2,1-3H3. The number of furan rings is 1. The highest BCUT2D eigenvalue weighted by Crippen LogP contribution is 2.33. The van der Waals surface area contributed by atoms with Crippen LogP contribution >= 0.6 is 15.9 Å². The normalized spacial score (nSPS) is 15.0. The molecule has 0 bridgehead atoms. The number of hydrogen-bond donors (Lipinski definition) is 1. The fraction of sp³-hybridized carbons (Fsp3) is 0.692. The third-order valence-electron chi connectivity index (χ3n) is 3.16. The molecular weight excluding hydrogens is 266 g/mol. The lowest BCUT2D eigenvalue weighted by atomic mass is 9.90. The molecule has 0 aliphatic carbocycles. The first-order chi connectivity index (χ1) is 7.74. The lowest BCUT2D eigenvalue weighted by Crippen LogP contribution is -2.25. The van der Waals surface area contributed by atoms with Crippen LogP contribution in [-0.2, 0) is 0 Å². The number of hydrogen-bond acceptors (Lipinski definition) is 2. The molecule has 1 N–H and O–H groups in total. The van der Waals surface area contributed by atoms with Crippen molar-refractivity contribution in [2.45, 2.75) is 45.6 Å². The summed E-state index contributed by atoms with van der Waals surface area (Å²) in [5.41, 5.74) is 0. The molecule has 0 radical (unpaired) electrons. The maximum Gasteiger partial charge on any atom is 0.135 e. The van der Waals surface area contributed by atoms with E-state index < -0.39 is 0 Å². The Morgan fingerprint density at radius 3 is 2.62 bits per heavy atom. The first-order valence-electron chi connectivity index (χ1n) is 6.14. The summed E-state index contributed by atoms with van der Waals surface area (Å²) in [7, 11) is 2.01. The zero-order chi connectivity index (χ0) is 12.0. The van der Waals surface area contributed by atoms with Crippen molar-refractivity contribution in [3.8, 4) is 0 Å². The van der Waals surface area contributed by atoms with E-state index in [2.05, 4.69) is 35.1 Å². The second-order valence-corrected chi connectivity index (χ2v) is 5.06. The molecule has 0 saturated carbocycles. The van der Waals surface area contributed by atoms with Crippen molar-refractivity contribution >= 4 is 15.9 Å². The maximum absolute atomic E-state index is 5.57. The van der Waals surface area contributed by atoms with Gasteiger partial charge in [0.15, 0.2) is 0 Å². The van der Waals surface area contributed by atoms with Crippen molar-refractivity contribution in [2.24, 2.45) is 5.92 Å². The lowest BCUT2D eigenvalue weighted by Gasteiger charge is -2.24. The molecule has 0 aliphatic heterocycles. The molecule has 0 spiro atoms. The van der Waals surface area contributed by atoms with E-state index >= 15 is 0 Å². The summed E-state index contributed by atoms with van der Waals surface area (Å²) in [6, 6.07) is 2.28. The summed E-state index contributed by atoms with van der Waals surface area (Å²) in [5, 5.41) is 3.38. The summed E-state index contributed by atoms with van der Waals surface area (Å²) in [6.45, 7) is 4.49. The van der Waals surface area contributed by atoms with Crippen LogP contribution in [0.3, 0.4) is 0 Å². The molecule has 1 aromatic heterocycles. The van der Waals surface area contributed by atoms with Gasteiger partial charge in [0.1, 0.15) is 5.76 Å². The van der Waals surface area contributed by atoms with Crippen LogP contribution in [0.5, 0.6) is 0 Å². The van der Waals surface area contributed by atoms with E-state index in [1.807, 2.05) is 13.1 Å². The molecule has 1 heterocycles. The Balaban J connectivity index is 2.75. The highest BCUT2D eigenvalue weighted by atomic mass is 79.9. The summed E-state index contributed by atoms with van der Waals surface area (Å²) in [5.74, 6) is 1.68. The second-order valence-electron chi connectivity index (χ2n) is 4.21. The van der Waals surface area contributed by atoms with Crippen molar-refractivity contribution < 1.29 is 4.42 Å². The molecule has 0 aromatic carbocycles. The molecule has 0 fully saturated rings. The minimum atomic E-state index is 0.320. The van der Waals surface area contributed by atoms with Crippen LogP contribution in [0, 0.1) is 5.92 Å². The summed E-state index contributed by atoms with van der Waals surface area (Å²) in [4.78, 5) is 0. The Morgan fingerprint density at radius 1 is 1.44 bits per heavy atom. The van der Waals surface area contributed by atoms with E-state index in [4.69, 9.17) is 4.42 Å². The van der Waals surface area contributed by atoms with Crippen molar-refractivity contribution in [1.82, 2.24) is 5.32 Å². The van der Waals surface area contributed by atoms with Gasteiger partial charge in [-0.1, -0.05) is 33.1 Å². The van der Waals surface area contributed by atoms with Gasteiger partial charge in [0.25, 0.3) is 0 Å². The molecular formula is C13H22BrNO. The first kappa shape index (κ1) is 13.8. The number of nitrogens with one attached hydrogen (secondary N) is 1. The topological polar surface area (TPSA) is 25.2 Å². The van der Waals surface area contributed by atoms with E-state index in [1.54, 1.807) is 6.26 Å². The molecule has 1 aromatic rings. The van der Waals surface area contributed by atoms with E-state index in [0.29, 0.717) is 12.0 Å². The monoisotopic (exact) mass is 287 g/mol. The minimum absolute atomic E-state index is 0.320. The van der Waals surface area contributed by atoms with Gasteiger partial charge in [-0.2, -0.15) is 0 Å².